The lowest BCUT2D eigenvalue weighted by molar-refractivity contribution is -0.138. The van der Waals surface area contributed by atoms with Gasteiger partial charge < -0.3 is 51.8 Å². The van der Waals surface area contributed by atoms with E-state index in [0.717, 1.165) is 11.3 Å². The Morgan fingerprint density at radius 1 is 0.770 bits per heavy atom. The van der Waals surface area contributed by atoms with Gasteiger partial charge in [0.15, 0.2) is 6.23 Å². The molecule has 7 atom stereocenters. The summed E-state index contributed by atoms with van der Waals surface area (Å²) in [5, 5.41) is 38.7. The summed E-state index contributed by atoms with van der Waals surface area (Å²) in [5.74, 6) is -3.95. The molecule has 11 rings (SSSR count). The zero-order valence-corrected chi connectivity index (χ0v) is 52.0. The highest BCUT2D eigenvalue weighted by Gasteiger charge is 2.41. The second-order valence-electron chi connectivity index (χ2n) is 20.7. The van der Waals surface area contributed by atoms with Gasteiger partial charge in [0.2, 0.25) is 23.6 Å². The second kappa shape index (κ2) is 26.3. The van der Waals surface area contributed by atoms with Crippen LogP contribution < -0.4 is 37.6 Å². The summed E-state index contributed by atoms with van der Waals surface area (Å²) in [6.07, 6.45) is -1.06. The van der Waals surface area contributed by atoms with E-state index >= 15 is 0 Å². The van der Waals surface area contributed by atoms with E-state index in [4.69, 9.17) is 50.1 Å². The van der Waals surface area contributed by atoms with E-state index in [0.29, 0.717) is 98.8 Å². The Bertz CT molecular complexity index is 3910. The van der Waals surface area contributed by atoms with Crippen molar-refractivity contribution in [3.63, 3.8) is 0 Å². The number of ether oxygens (including phenoxy) is 2. The van der Waals surface area contributed by atoms with Crippen molar-refractivity contribution in [3.8, 4) is 43.4 Å². The topological polar surface area (TPSA) is 350 Å². The molecule has 25 nitrogen and oxygen atoms in total. The molecule has 3 aliphatic heterocycles. The van der Waals surface area contributed by atoms with Crippen molar-refractivity contribution >= 4 is 109 Å². The van der Waals surface area contributed by atoms with E-state index in [2.05, 4.69) is 31.9 Å². The lowest BCUT2D eigenvalue weighted by Crippen LogP contribution is -2.50. The maximum Gasteiger partial charge on any atom is 0.271 e. The number of carbonyl (C=O) groups excluding carboxylic acids is 7. The number of amides is 7. The van der Waals surface area contributed by atoms with E-state index in [1.807, 2.05) is 13.8 Å². The normalized spacial score (nSPS) is 20.6. The van der Waals surface area contributed by atoms with Gasteiger partial charge >= 0.3 is 0 Å². The Hall–Kier alpha value is -7.72. The minimum absolute atomic E-state index is 0.000488. The Labute approximate surface area is 521 Å². The number of fused-ring (bicyclic) bond motifs is 14. The molecule has 452 valence electrons. The molecule has 7 amide bonds. The number of methoxy groups -OCH3 is 1. The summed E-state index contributed by atoms with van der Waals surface area (Å²) in [6.45, 7) is 5.44. The van der Waals surface area contributed by atoms with E-state index in [1.54, 1.807) is 70.9 Å². The fourth-order valence-corrected chi connectivity index (χ4v) is 15.6. The van der Waals surface area contributed by atoms with E-state index < -0.39 is 84.5 Å². The summed E-state index contributed by atoms with van der Waals surface area (Å²) in [5.41, 5.74) is 8.89. The number of carbonyl (C=O) groups is 7. The van der Waals surface area contributed by atoms with Crippen LogP contribution in [0.4, 0.5) is 0 Å². The van der Waals surface area contributed by atoms with Gasteiger partial charge in [-0.2, -0.15) is 0 Å². The molecular weight excluding hydrogens is 1240 g/mol. The number of nitrogens with zero attached hydrogens (tertiary/aromatic N) is 8. The molecule has 9 N–H and O–H groups in total. The number of thiazole rings is 6. The molecule has 7 aromatic heterocycles. The molecule has 1 aromatic carbocycles. The largest absolute Gasteiger partial charge is 0.386 e. The van der Waals surface area contributed by atoms with Crippen molar-refractivity contribution in [1.29, 1.82) is 0 Å². The number of hydrogen-bond donors (Lipinski definition) is 8. The molecule has 10 heterocycles. The van der Waals surface area contributed by atoms with Crippen molar-refractivity contribution in [3.05, 3.63) is 117 Å². The fourth-order valence-electron chi connectivity index (χ4n) is 10.0. The summed E-state index contributed by atoms with van der Waals surface area (Å²) in [4.78, 5) is 132. The minimum Gasteiger partial charge on any atom is -0.386 e. The van der Waals surface area contributed by atoms with Gasteiger partial charge in [-0.15, -0.1) is 68.0 Å². The average Bonchev–Trinajstić information content (AvgIpc) is 2.59. The van der Waals surface area contributed by atoms with Crippen molar-refractivity contribution in [2.45, 2.75) is 89.2 Å². The van der Waals surface area contributed by atoms with Gasteiger partial charge in [-0.05, 0) is 43.4 Å². The smallest absolute Gasteiger partial charge is 0.271 e. The van der Waals surface area contributed by atoms with Crippen molar-refractivity contribution in [2.24, 2.45) is 11.7 Å². The molecule has 10 bridgehead atoms. The molecule has 2 saturated heterocycles. The zero-order valence-electron chi connectivity index (χ0n) is 47.1. The third-order valence-electron chi connectivity index (χ3n) is 14.5. The van der Waals surface area contributed by atoms with E-state index in [-0.39, 0.29) is 48.5 Å². The quantitative estimate of drug-likeness (QED) is 0.0761. The van der Waals surface area contributed by atoms with Crippen molar-refractivity contribution in [1.82, 2.24) is 71.7 Å². The van der Waals surface area contributed by atoms with Gasteiger partial charge in [0.05, 0.1) is 54.5 Å². The Balaban J connectivity index is 0.960. The number of primary amides is 1. The molecule has 0 saturated carbocycles. The lowest BCUT2D eigenvalue weighted by Gasteiger charge is -2.24. The van der Waals surface area contributed by atoms with Crippen molar-refractivity contribution in [2.75, 3.05) is 33.9 Å². The molecule has 0 radical (unpaired) electrons. The van der Waals surface area contributed by atoms with Crippen LogP contribution in [0.2, 0.25) is 0 Å². The number of likely N-dealkylation sites (tertiary alicyclic amines) is 1. The second-order valence-corrected chi connectivity index (χ2v) is 26.6. The maximum atomic E-state index is 14.4. The highest BCUT2D eigenvalue weighted by Crippen LogP contribution is 2.40. The number of aromatic nitrogens is 7. The highest BCUT2D eigenvalue weighted by molar-refractivity contribution is 7.15. The van der Waals surface area contributed by atoms with Crippen LogP contribution in [0.15, 0.2) is 64.0 Å². The summed E-state index contributed by atoms with van der Waals surface area (Å²) < 4.78 is 11.5. The molecule has 31 heteroatoms. The summed E-state index contributed by atoms with van der Waals surface area (Å²) in [7, 11) is 2.94. The van der Waals surface area contributed by atoms with Crippen LogP contribution in [-0.2, 0) is 35.3 Å². The number of nitrogens with two attached hydrogens (primary N) is 1. The number of aliphatic hydroxyl groups is 1. The summed E-state index contributed by atoms with van der Waals surface area (Å²) in [6, 6.07) is 8.16. The molecule has 1 unspecified atom stereocenters. The van der Waals surface area contributed by atoms with Gasteiger partial charge in [0.1, 0.15) is 88.4 Å². The van der Waals surface area contributed by atoms with Crippen LogP contribution in [0, 0.1) is 12.8 Å². The molecule has 87 heavy (non-hydrogen) atoms. The van der Waals surface area contributed by atoms with Gasteiger partial charge in [-0.25, -0.2) is 34.9 Å². The molecule has 3 aliphatic rings. The standard InChI is InChI=1S/C56H57N15O10S6/c1-24(2)39-55-70-42(36(87-55)19-80-5)47(77)59-17-38(73)67-43(44(74)26-10-7-6-8-11-26)54-66-34(23-85-54)52-63-31(20-83-52)41-27(50-64-32(21-82-50)46(76)61-29(16-37(72)58-4)53-69-40(25(3)86-53)48(78)68-39)13-14-28(60-41)51-65-33(22-84-51)49-62-30(18-81-49)56(79)71-15-9-12-35(71)45(57)75/h6-8,10-11,13-14,20-24,29-30,35,39,43-44,49,62,74H,9,12,15-19H2,1-5H3,(H2,57,75)(H,58,72)(H,59,77)(H,61,76)(H,67,73)(H,68,78)/t29-,30-,35+,39-,43-,44-,49?/m0/s1. The number of aryl methyl sites for hydroxylation is 1. The van der Waals surface area contributed by atoms with Gasteiger partial charge in [-0.3, -0.25) is 38.9 Å². The lowest BCUT2D eigenvalue weighted by atomic mass is 10.0. The zero-order chi connectivity index (χ0) is 61.2. The van der Waals surface area contributed by atoms with E-state index in [9.17, 15) is 38.7 Å². The van der Waals surface area contributed by atoms with E-state index in [1.165, 1.54) is 75.7 Å². The maximum absolute atomic E-state index is 14.4. The van der Waals surface area contributed by atoms with Crippen LogP contribution in [0.3, 0.4) is 0 Å². The highest BCUT2D eigenvalue weighted by atomic mass is 32.1. The number of hydrogen-bond acceptors (Lipinski definition) is 24. The number of rotatable bonds is 11. The third-order valence-corrected chi connectivity index (χ3v) is 20.2. The molecule has 2 fully saturated rings. The Kier molecular flexibility index (Phi) is 18.4. The molecular formula is C56H57N15O10S6. The van der Waals surface area contributed by atoms with Crippen LogP contribution in [0.5, 0.6) is 0 Å². The first-order valence-electron chi connectivity index (χ1n) is 27.4. The first-order chi connectivity index (χ1) is 41.9. The average molecular weight is 1290 g/mol. The molecule has 0 aliphatic carbocycles. The minimum atomic E-state index is -1.28. The Morgan fingerprint density at radius 2 is 1.51 bits per heavy atom. The van der Waals surface area contributed by atoms with Crippen LogP contribution in [0.1, 0.15) is 131 Å². The van der Waals surface area contributed by atoms with Crippen LogP contribution in [-0.4, -0.2) is 132 Å². The van der Waals surface area contributed by atoms with Crippen LogP contribution in [0.25, 0.3) is 43.4 Å². The SMILES string of the molecule is CNC(=O)C[C@@H]1NC(=O)c2csc(n2)-c2ccc(-c3nc(C4N[C@H](C(=O)N5CCC[C@@H]5C(N)=O)CO4)cs3)nc2-c2csc(n2)-c2csc(n2)[C@H]([C@@H](O)c2ccccc2)NC(=O)CNC(=O)c2nc(sc2COC)[C@H](C(C)C)NC(=O)c2nc1sc2C. The van der Waals surface area contributed by atoms with Gasteiger partial charge in [0.25, 0.3) is 17.7 Å². The number of nitrogens with one attached hydrogen (secondary N) is 6. The molecule has 8 aromatic rings. The predicted molar refractivity (Wildman–Crippen MR) is 326 cm³/mol. The van der Waals surface area contributed by atoms with Crippen molar-refractivity contribution < 1.29 is 48.1 Å². The monoisotopic (exact) mass is 1290 g/mol. The number of pyridine rings is 1. The number of benzene rings is 1. The molecule has 0 spiro atoms. The number of aliphatic hydroxyl groups excluding tert-OH is 1. The third kappa shape index (κ3) is 13.1. The first-order valence-corrected chi connectivity index (χ1v) is 32.5. The van der Waals surface area contributed by atoms with Gasteiger partial charge in [-0.1, -0.05) is 44.2 Å². The fraction of sp³-hybridized carbons (Fsp3) is 0.357. The first kappa shape index (κ1) is 60.9. The Morgan fingerprint density at radius 3 is 2.28 bits per heavy atom. The van der Waals surface area contributed by atoms with Gasteiger partial charge in [0, 0.05) is 52.7 Å². The predicted octanol–water partition coefficient (Wildman–Crippen LogP) is 5.78. The summed E-state index contributed by atoms with van der Waals surface area (Å²) >= 11 is 7.26. The van der Waals surface area contributed by atoms with Crippen LogP contribution >= 0.6 is 68.0 Å².